The van der Waals surface area contributed by atoms with Gasteiger partial charge in [0.1, 0.15) is 11.6 Å². The van der Waals surface area contributed by atoms with Crippen LogP contribution < -0.4 is 15.4 Å². The average molecular weight is 321 g/mol. The number of nitrogens with one attached hydrogen (secondary N) is 2. The monoisotopic (exact) mass is 320 g/mol. The Balaban J connectivity index is 1.69. The number of para-hydroxylation sites is 1. The highest BCUT2D eigenvalue weighted by Gasteiger charge is 2.22. The first-order chi connectivity index (χ1) is 10.6. The minimum Gasteiger partial charge on any atom is -0.493 e. The summed E-state index contributed by atoms with van der Waals surface area (Å²) in [5, 5.41) is 5.50. The van der Waals surface area contributed by atoms with Gasteiger partial charge in [-0.3, -0.25) is 0 Å². The number of urea groups is 1. The molecule has 0 aromatic heterocycles. The molecule has 1 atom stereocenters. The van der Waals surface area contributed by atoms with Crippen LogP contribution in [0.2, 0.25) is 5.02 Å². The maximum absolute atomic E-state index is 13.1. The van der Waals surface area contributed by atoms with Gasteiger partial charge in [-0.15, -0.1) is 0 Å². The van der Waals surface area contributed by atoms with E-state index in [1.54, 1.807) is 0 Å². The van der Waals surface area contributed by atoms with Gasteiger partial charge in [0.05, 0.1) is 17.7 Å². The molecule has 1 aliphatic heterocycles. The van der Waals surface area contributed by atoms with Gasteiger partial charge >= 0.3 is 6.03 Å². The van der Waals surface area contributed by atoms with Gasteiger partial charge < -0.3 is 15.4 Å². The van der Waals surface area contributed by atoms with E-state index >= 15 is 0 Å². The summed E-state index contributed by atoms with van der Waals surface area (Å²) in [5.74, 6) is 0.259. The summed E-state index contributed by atoms with van der Waals surface area (Å²) in [5.41, 5.74) is 1.38. The maximum atomic E-state index is 13.1. The molecular formula is C16H14ClFN2O2. The lowest BCUT2D eigenvalue weighted by Crippen LogP contribution is -2.35. The molecule has 0 fully saturated rings. The Hall–Kier alpha value is -2.27. The van der Waals surface area contributed by atoms with Crippen molar-refractivity contribution in [2.24, 2.45) is 0 Å². The normalized spacial score (nSPS) is 16.4. The molecule has 0 radical (unpaired) electrons. The van der Waals surface area contributed by atoms with Crippen LogP contribution in [0.3, 0.4) is 0 Å². The molecule has 1 unspecified atom stereocenters. The van der Waals surface area contributed by atoms with Crippen molar-refractivity contribution in [3.05, 3.63) is 58.9 Å². The number of carbonyl (C=O) groups excluding carboxylic acids is 1. The average Bonchev–Trinajstić information content (AvgIpc) is 2.51. The van der Waals surface area contributed by atoms with Crippen LogP contribution in [0, 0.1) is 5.82 Å². The Morgan fingerprint density at radius 3 is 2.91 bits per heavy atom. The Morgan fingerprint density at radius 2 is 2.09 bits per heavy atom. The SMILES string of the molecule is O=C(Nc1ccc(F)c(Cl)c1)NC1CCOc2ccccc21. The van der Waals surface area contributed by atoms with Crippen molar-refractivity contribution < 1.29 is 13.9 Å². The lowest BCUT2D eigenvalue weighted by atomic mass is 10.0. The zero-order valence-electron chi connectivity index (χ0n) is 11.6. The highest BCUT2D eigenvalue weighted by atomic mass is 35.5. The lowest BCUT2D eigenvalue weighted by molar-refractivity contribution is 0.232. The third kappa shape index (κ3) is 3.14. The zero-order valence-corrected chi connectivity index (χ0v) is 12.4. The zero-order chi connectivity index (χ0) is 15.5. The molecule has 2 aromatic carbocycles. The topological polar surface area (TPSA) is 50.4 Å². The summed E-state index contributed by atoms with van der Waals surface area (Å²) >= 11 is 5.69. The number of halogens is 2. The van der Waals surface area contributed by atoms with Gasteiger partial charge in [-0.05, 0) is 24.3 Å². The number of carbonyl (C=O) groups is 1. The van der Waals surface area contributed by atoms with Crippen LogP contribution in [0.5, 0.6) is 5.75 Å². The number of ether oxygens (including phenoxy) is 1. The van der Waals surface area contributed by atoms with Crippen LogP contribution in [-0.2, 0) is 0 Å². The molecule has 0 bridgehead atoms. The van der Waals surface area contributed by atoms with Crippen molar-refractivity contribution >= 4 is 23.3 Å². The summed E-state index contributed by atoms with van der Waals surface area (Å²) in [4.78, 5) is 12.1. The van der Waals surface area contributed by atoms with Crippen LogP contribution in [0.1, 0.15) is 18.0 Å². The number of amides is 2. The molecule has 6 heteroatoms. The van der Waals surface area contributed by atoms with E-state index in [4.69, 9.17) is 16.3 Å². The molecule has 0 saturated carbocycles. The van der Waals surface area contributed by atoms with Crippen molar-refractivity contribution in [1.82, 2.24) is 5.32 Å². The highest BCUT2D eigenvalue weighted by Crippen LogP contribution is 2.31. The number of hydrogen-bond donors (Lipinski definition) is 2. The summed E-state index contributed by atoms with van der Waals surface area (Å²) in [6.45, 7) is 0.546. The Kier molecular flexibility index (Phi) is 4.15. The second-order valence-corrected chi connectivity index (χ2v) is 5.36. The molecule has 2 aromatic rings. The van der Waals surface area contributed by atoms with Crippen molar-refractivity contribution in [1.29, 1.82) is 0 Å². The standard InChI is InChI=1S/C16H14ClFN2O2/c17-12-9-10(5-6-13(12)18)19-16(21)20-14-7-8-22-15-4-2-1-3-11(14)15/h1-6,9,14H,7-8H2,(H2,19,20,21). The first kappa shape index (κ1) is 14.7. The molecular weight excluding hydrogens is 307 g/mol. The van der Waals surface area contributed by atoms with E-state index in [1.807, 2.05) is 24.3 Å². The quantitative estimate of drug-likeness (QED) is 0.874. The van der Waals surface area contributed by atoms with Crippen molar-refractivity contribution in [2.75, 3.05) is 11.9 Å². The molecule has 2 N–H and O–H groups in total. The predicted octanol–water partition coefficient (Wildman–Crippen LogP) is 4.12. The molecule has 4 nitrogen and oxygen atoms in total. The second kappa shape index (κ2) is 6.23. The van der Waals surface area contributed by atoms with Crippen LogP contribution in [0.4, 0.5) is 14.9 Å². The van der Waals surface area contributed by atoms with Gasteiger partial charge in [0.25, 0.3) is 0 Å². The molecule has 0 spiro atoms. The largest absolute Gasteiger partial charge is 0.493 e. The van der Waals surface area contributed by atoms with Crippen molar-refractivity contribution in [3.63, 3.8) is 0 Å². The minimum atomic E-state index is -0.522. The molecule has 1 aliphatic rings. The van der Waals surface area contributed by atoms with Crippen LogP contribution in [0.25, 0.3) is 0 Å². The fraction of sp³-hybridized carbons (Fsp3) is 0.188. The number of anilines is 1. The van der Waals surface area contributed by atoms with Crippen molar-refractivity contribution in [2.45, 2.75) is 12.5 Å². The van der Waals surface area contributed by atoms with E-state index in [1.165, 1.54) is 18.2 Å². The van der Waals surface area contributed by atoms with E-state index in [-0.39, 0.29) is 17.1 Å². The van der Waals surface area contributed by atoms with Crippen LogP contribution in [0.15, 0.2) is 42.5 Å². The van der Waals surface area contributed by atoms with E-state index in [0.717, 1.165) is 11.3 Å². The third-order valence-electron chi connectivity index (χ3n) is 3.44. The Labute approximate surface area is 132 Å². The van der Waals surface area contributed by atoms with Gasteiger partial charge in [0.2, 0.25) is 0 Å². The maximum Gasteiger partial charge on any atom is 0.319 e. The second-order valence-electron chi connectivity index (χ2n) is 4.95. The molecule has 22 heavy (non-hydrogen) atoms. The molecule has 2 amide bonds. The molecule has 3 rings (SSSR count). The fourth-order valence-electron chi connectivity index (χ4n) is 2.39. The number of benzene rings is 2. The van der Waals surface area contributed by atoms with E-state index in [0.29, 0.717) is 18.7 Å². The Morgan fingerprint density at radius 1 is 1.27 bits per heavy atom. The Bertz CT molecular complexity index is 708. The predicted molar refractivity (Wildman–Crippen MR) is 82.9 cm³/mol. The number of rotatable bonds is 2. The highest BCUT2D eigenvalue weighted by molar-refractivity contribution is 6.31. The van der Waals surface area contributed by atoms with Gasteiger partial charge in [0.15, 0.2) is 0 Å². The molecule has 0 aliphatic carbocycles. The van der Waals surface area contributed by atoms with Gasteiger partial charge in [-0.2, -0.15) is 0 Å². The number of hydrogen-bond acceptors (Lipinski definition) is 2. The van der Waals surface area contributed by atoms with Gasteiger partial charge in [0, 0.05) is 17.7 Å². The van der Waals surface area contributed by atoms with E-state index in [9.17, 15) is 9.18 Å². The van der Waals surface area contributed by atoms with E-state index in [2.05, 4.69) is 10.6 Å². The molecule has 114 valence electrons. The number of fused-ring (bicyclic) bond motifs is 1. The smallest absolute Gasteiger partial charge is 0.319 e. The fourth-order valence-corrected chi connectivity index (χ4v) is 2.57. The first-order valence-electron chi connectivity index (χ1n) is 6.88. The third-order valence-corrected chi connectivity index (χ3v) is 3.73. The minimum absolute atomic E-state index is 0.0331. The summed E-state index contributed by atoms with van der Waals surface area (Å²) in [7, 11) is 0. The summed E-state index contributed by atoms with van der Waals surface area (Å²) in [6, 6.07) is 11.1. The van der Waals surface area contributed by atoms with Crippen molar-refractivity contribution in [3.8, 4) is 5.75 Å². The summed E-state index contributed by atoms with van der Waals surface area (Å²) in [6.07, 6.45) is 0.689. The van der Waals surface area contributed by atoms with Crippen LogP contribution >= 0.6 is 11.6 Å². The lowest BCUT2D eigenvalue weighted by Gasteiger charge is -2.26. The molecule has 0 saturated heterocycles. The van der Waals surface area contributed by atoms with Gasteiger partial charge in [-0.1, -0.05) is 29.8 Å². The summed E-state index contributed by atoms with van der Waals surface area (Å²) < 4.78 is 18.7. The van der Waals surface area contributed by atoms with Crippen LogP contribution in [-0.4, -0.2) is 12.6 Å². The van der Waals surface area contributed by atoms with Gasteiger partial charge in [-0.25, -0.2) is 9.18 Å². The molecule has 1 heterocycles. The first-order valence-corrected chi connectivity index (χ1v) is 7.25. The van der Waals surface area contributed by atoms with E-state index < -0.39 is 5.82 Å².